The summed E-state index contributed by atoms with van der Waals surface area (Å²) in [6, 6.07) is 13.1. The summed E-state index contributed by atoms with van der Waals surface area (Å²) < 4.78 is 28.7. The first-order valence-corrected chi connectivity index (χ1v) is 8.15. The summed E-state index contributed by atoms with van der Waals surface area (Å²) in [5, 5.41) is 1.24. The zero-order valence-electron chi connectivity index (χ0n) is 13.8. The highest BCUT2D eigenvalue weighted by atomic mass is 35.5. The molecule has 2 aromatic carbocycles. The van der Waals surface area contributed by atoms with Crippen LogP contribution in [-0.2, 0) is 6.54 Å². The molecule has 0 aliphatic carbocycles. The van der Waals surface area contributed by atoms with Gasteiger partial charge in [-0.2, -0.15) is 8.78 Å². The normalized spacial score (nSPS) is 11.0. The van der Waals surface area contributed by atoms with Gasteiger partial charge in [-0.1, -0.05) is 29.8 Å². The zero-order valence-corrected chi connectivity index (χ0v) is 14.6. The van der Waals surface area contributed by atoms with Crippen LogP contribution in [0.5, 0.6) is 5.75 Å². The third-order valence-electron chi connectivity index (χ3n) is 3.82. The molecule has 26 heavy (non-hydrogen) atoms. The van der Waals surface area contributed by atoms with Crippen LogP contribution in [0.3, 0.4) is 0 Å². The fraction of sp³-hybridized carbons (Fsp3) is 0.158. The zero-order chi connectivity index (χ0) is 18.7. The van der Waals surface area contributed by atoms with Gasteiger partial charge in [0.1, 0.15) is 5.75 Å². The second-order valence-corrected chi connectivity index (χ2v) is 6.15. The number of aromatic nitrogens is 1. The van der Waals surface area contributed by atoms with Crippen LogP contribution in [0.15, 0.2) is 54.7 Å². The van der Waals surface area contributed by atoms with Crippen molar-refractivity contribution in [3.63, 3.8) is 0 Å². The van der Waals surface area contributed by atoms with Crippen LogP contribution in [0.25, 0.3) is 10.9 Å². The lowest BCUT2D eigenvalue weighted by Gasteiger charge is -2.18. The number of carbonyl (C=O) groups is 1. The number of pyridine rings is 1. The van der Waals surface area contributed by atoms with E-state index in [0.29, 0.717) is 22.6 Å². The predicted molar refractivity (Wildman–Crippen MR) is 95.6 cm³/mol. The first-order chi connectivity index (χ1) is 12.4. The molecule has 4 nitrogen and oxygen atoms in total. The van der Waals surface area contributed by atoms with Crippen molar-refractivity contribution >= 4 is 28.4 Å². The Bertz CT molecular complexity index is 932. The van der Waals surface area contributed by atoms with E-state index in [9.17, 15) is 13.6 Å². The minimum atomic E-state index is -2.87. The number of benzene rings is 2. The Balaban J connectivity index is 1.80. The summed E-state index contributed by atoms with van der Waals surface area (Å²) in [7, 11) is 1.65. The molecule has 1 aromatic heterocycles. The van der Waals surface area contributed by atoms with Crippen molar-refractivity contribution in [3.05, 3.63) is 70.9 Å². The van der Waals surface area contributed by atoms with Crippen LogP contribution in [0, 0.1) is 0 Å². The van der Waals surface area contributed by atoms with E-state index in [4.69, 9.17) is 11.6 Å². The van der Waals surface area contributed by atoms with E-state index in [0.717, 1.165) is 10.9 Å². The van der Waals surface area contributed by atoms with Gasteiger partial charge in [0.15, 0.2) is 0 Å². The Morgan fingerprint density at radius 1 is 1.23 bits per heavy atom. The first-order valence-electron chi connectivity index (χ1n) is 7.77. The smallest absolute Gasteiger partial charge is 0.387 e. The van der Waals surface area contributed by atoms with Gasteiger partial charge in [-0.05, 0) is 35.9 Å². The average Bonchev–Trinajstić information content (AvgIpc) is 2.61. The number of halogens is 3. The number of hydrogen-bond donors (Lipinski definition) is 0. The number of amides is 1. The van der Waals surface area contributed by atoms with Gasteiger partial charge in [0.2, 0.25) is 0 Å². The molecule has 0 radical (unpaired) electrons. The van der Waals surface area contributed by atoms with Gasteiger partial charge in [-0.15, -0.1) is 0 Å². The van der Waals surface area contributed by atoms with E-state index in [2.05, 4.69) is 9.72 Å². The van der Waals surface area contributed by atoms with Crippen molar-refractivity contribution in [2.24, 2.45) is 0 Å². The van der Waals surface area contributed by atoms with E-state index in [-0.39, 0.29) is 11.7 Å². The molecule has 0 atom stereocenters. The fourth-order valence-electron chi connectivity index (χ4n) is 2.65. The van der Waals surface area contributed by atoms with Crippen molar-refractivity contribution in [3.8, 4) is 5.75 Å². The monoisotopic (exact) mass is 376 g/mol. The predicted octanol–water partition coefficient (Wildman–Crippen LogP) is 4.76. The lowest BCUT2D eigenvalue weighted by molar-refractivity contribution is -0.0498. The Hall–Kier alpha value is -2.73. The molecule has 0 aliphatic rings. The number of fused-ring (bicyclic) bond motifs is 1. The Morgan fingerprint density at radius 2 is 1.96 bits per heavy atom. The average molecular weight is 377 g/mol. The van der Waals surface area contributed by atoms with Crippen molar-refractivity contribution in [2.45, 2.75) is 13.2 Å². The highest BCUT2D eigenvalue weighted by Crippen LogP contribution is 2.24. The third-order valence-corrected chi connectivity index (χ3v) is 4.03. The lowest BCUT2D eigenvalue weighted by atomic mass is 10.1. The van der Waals surface area contributed by atoms with Gasteiger partial charge in [0.05, 0.1) is 11.1 Å². The van der Waals surface area contributed by atoms with Gasteiger partial charge in [0, 0.05) is 30.2 Å². The fourth-order valence-corrected chi connectivity index (χ4v) is 2.87. The van der Waals surface area contributed by atoms with Gasteiger partial charge in [-0.25, -0.2) is 0 Å². The molecular weight excluding hydrogens is 362 g/mol. The topological polar surface area (TPSA) is 42.4 Å². The van der Waals surface area contributed by atoms with Crippen LogP contribution in [-0.4, -0.2) is 29.5 Å². The Morgan fingerprint density at radius 3 is 2.65 bits per heavy atom. The summed E-state index contributed by atoms with van der Waals surface area (Å²) in [4.78, 5) is 18.6. The molecule has 0 saturated carbocycles. The first kappa shape index (κ1) is 18.1. The maximum atomic E-state index is 12.8. The van der Waals surface area contributed by atoms with Crippen molar-refractivity contribution in [2.75, 3.05) is 7.05 Å². The molecule has 134 valence electrons. The van der Waals surface area contributed by atoms with E-state index in [1.54, 1.807) is 43.6 Å². The molecule has 0 spiro atoms. The number of nitrogens with zero attached hydrogens (tertiary/aromatic N) is 2. The SMILES string of the molecule is CN(Cc1ccc(OC(F)F)cc1)C(=O)c1cc(Cl)cc2cccnc12. The minimum Gasteiger partial charge on any atom is -0.435 e. The number of carbonyl (C=O) groups excluding carboxylic acids is 1. The molecule has 0 aliphatic heterocycles. The van der Waals surface area contributed by atoms with E-state index < -0.39 is 6.61 Å². The second-order valence-electron chi connectivity index (χ2n) is 5.71. The highest BCUT2D eigenvalue weighted by Gasteiger charge is 2.17. The molecule has 3 aromatic rings. The molecule has 7 heteroatoms. The molecule has 0 bridgehead atoms. The highest BCUT2D eigenvalue weighted by molar-refractivity contribution is 6.32. The van der Waals surface area contributed by atoms with Crippen LogP contribution in [0.2, 0.25) is 5.02 Å². The summed E-state index contributed by atoms with van der Waals surface area (Å²) in [5.41, 5.74) is 1.77. The largest absolute Gasteiger partial charge is 0.435 e. The molecule has 0 saturated heterocycles. The maximum Gasteiger partial charge on any atom is 0.387 e. The summed E-state index contributed by atoms with van der Waals surface area (Å²) >= 11 is 6.12. The quantitative estimate of drug-likeness (QED) is 0.644. The molecule has 1 heterocycles. The van der Waals surface area contributed by atoms with Crippen LogP contribution < -0.4 is 4.74 Å². The van der Waals surface area contributed by atoms with Gasteiger partial charge >= 0.3 is 6.61 Å². The Labute approximate surface area is 154 Å². The number of alkyl halides is 2. The van der Waals surface area contributed by atoms with Crippen molar-refractivity contribution in [1.82, 2.24) is 9.88 Å². The summed E-state index contributed by atoms with van der Waals surface area (Å²) in [6.07, 6.45) is 1.62. The molecular formula is C19H15ClF2N2O2. The molecule has 0 unspecified atom stereocenters. The summed E-state index contributed by atoms with van der Waals surface area (Å²) in [6.45, 7) is -2.57. The molecule has 1 amide bonds. The van der Waals surface area contributed by atoms with Crippen molar-refractivity contribution in [1.29, 1.82) is 0 Å². The van der Waals surface area contributed by atoms with Crippen LogP contribution in [0.1, 0.15) is 15.9 Å². The second kappa shape index (κ2) is 7.66. The lowest BCUT2D eigenvalue weighted by Crippen LogP contribution is -2.26. The number of rotatable bonds is 5. The van der Waals surface area contributed by atoms with Crippen LogP contribution >= 0.6 is 11.6 Å². The Kier molecular flexibility index (Phi) is 5.32. The standard InChI is InChI=1S/C19H15ClF2N2O2/c1-24(11-12-4-6-15(7-5-12)26-19(21)22)18(25)16-10-14(20)9-13-3-2-8-23-17(13)16/h2-10,19H,11H2,1H3. The molecule has 0 fully saturated rings. The van der Waals surface area contributed by atoms with Crippen LogP contribution in [0.4, 0.5) is 8.78 Å². The van der Waals surface area contributed by atoms with Crippen molar-refractivity contribution < 1.29 is 18.3 Å². The van der Waals surface area contributed by atoms with E-state index in [1.165, 1.54) is 17.0 Å². The molecule has 3 rings (SSSR count). The van der Waals surface area contributed by atoms with Gasteiger partial charge in [-0.3, -0.25) is 9.78 Å². The number of hydrogen-bond acceptors (Lipinski definition) is 3. The molecule has 0 N–H and O–H groups in total. The van der Waals surface area contributed by atoms with E-state index in [1.807, 2.05) is 6.07 Å². The van der Waals surface area contributed by atoms with Gasteiger partial charge in [0.25, 0.3) is 5.91 Å². The number of ether oxygens (including phenoxy) is 1. The van der Waals surface area contributed by atoms with E-state index >= 15 is 0 Å². The summed E-state index contributed by atoms with van der Waals surface area (Å²) in [5.74, 6) is -0.160. The maximum absolute atomic E-state index is 12.8. The minimum absolute atomic E-state index is 0.0720. The van der Waals surface area contributed by atoms with Gasteiger partial charge < -0.3 is 9.64 Å². The third kappa shape index (κ3) is 4.08.